The Morgan fingerprint density at radius 1 is 1.17 bits per heavy atom. The first-order valence-electron chi connectivity index (χ1n) is 9.08. The van der Waals surface area contributed by atoms with E-state index in [1.807, 2.05) is 0 Å². The zero-order valence-corrected chi connectivity index (χ0v) is 17.1. The molecule has 3 rings (SSSR count). The lowest BCUT2D eigenvalue weighted by Gasteiger charge is -2.17. The SMILES string of the molecule is O=C(NC[C@@H]1CCCO1)C(=O)NC[C@H](c1cccs1)S(=O)(=O)c1ccc(F)cc1. The molecule has 0 bridgehead atoms. The monoisotopic (exact) mass is 440 g/mol. The molecule has 0 saturated carbocycles. The Morgan fingerprint density at radius 2 is 1.90 bits per heavy atom. The molecule has 10 heteroatoms. The molecule has 1 aliphatic heterocycles. The topological polar surface area (TPSA) is 102 Å². The third-order valence-electron chi connectivity index (χ3n) is 4.55. The molecule has 0 aliphatic carbocycles. The predicted molar refractivity (Wildman–Crippen MR) is 106 cm³/mol. The summed E-state index contributed by atoms with van der Waals surface area (Å²) in [6, 6.07) is 7.83. The van der Waals surface area contributed by atoms with Crippen molar-refractivity contribution in [3.8, 4) is 0 Å². The fraction of sp³-hybridized carbons (Fsp3) is 0.368. The Hall–Kier alpha value is -2.30. The molecule has 1 aromatic carbocycles. The van der Waals surface area contributed by atoms with Crippen LogP contribution >= 0.6 is 11.3 Å². The van der Waals surface area contributed by atoms with Crippen LogP contribution in [0.25, 0.3) is 0 Å². The smallest absolute Gasteiger partial charge is 0.309 e. The zero-order valence-electron chi connectivity index (χ0n) is 15.5. The van der Waals surface area contributed by atoms with Crippen molar-refractivity contribution in [2.24, 2.45) is 0 Å². The van der Waals surface area contributed by atoms with Crippen LogP contribution in [-0.4, -0.2) is 46.0 Å². The second-order valence-electron chi connectivity index (χ2n) is 6.56. The van der Waals surface area contributed by atoms with Crippen LogP contribution in [0.2, 0.25) is 0 Å². The number of amides is 2. The van der Waals surface area contributed by atoms with E-state index in [4.69, 9.17) is 4.74 Å². The standard InChI is InChI=1S/C19H21FN2O5S2/c20-13-5-7-15(8-6-13)29(25,26)17(16-4-2-10-28-16)12-22-19(24)18(23)21-11-14-3-1-9-27-14/h2,4-8,10,14,17H,1,3,9,11-12H2,(H,21,23)(H,22,24)/t14-,17+/m0/s1. The van der Waals surface area contributed by atoms with Gasteiger partial charge >= 0.3 is 11.8 Å². The molecule has 1 fully saturated rings. The molecule has 2 amide bonds. The summed E-state index contributed by atoms with van der Waals surface area (Å²) in [4.78, 5) is 24.6. The molecule has 156 valence electrons. The van der Waals surface area contributed by atoms with Crippen molar-refractivity contribution in [1.29, 1.82) is 0 Å². The fourth-order valence-corrected chi connectivity index (χ4v) is 5.77. The van der Waals surface area contributed by atoms with E-state index in [0.29, 0.717) is 11.5 Å². The van der Waals surface area contributed by atoms with Gasteiger partial charge in [0.25, 0.3) is 0 Å². The highest BCUT2D eigenvalue weighted by atomic mass is 32.2. The third kappa shape index (κ3) is 5.40. The number of sulfone groups is 1. The summed E-state index contributed by atoms with van der Waals surface area (Å²) < 4.78 is 44.6. The highest BCUT2D eigenvalue weighted by Crippen LogP contribution is 2.31. The van der Waals surface area contributed by atoms with Crippen molar-refractivity contribution in [3.05, 3.63) is 52.5 Å². The lowest BCUT2D eigenvalue weighted by molar-refractivity contribution is -0.139. The Kier molecular flexibility index (Phi) is 6.99. The summed E-state index contributed by atoms with van der Waals surface area (Å²) in [6.07, 6.45) is 1.62. The van der Waals surface area contributed by atoms with Gasteiger partial charge in [0.1, 0.15) is 11.1 Å². The van der Waals surface area contributed by atoms with Crippen LogP contribution in [0.3, 0.4) is 0 Å². The van der Waals surface area contributed by atoms with E-state index >= 15 is 0 Å². The maximum atomic E-state index is 13.2. The van der Waals surface area contributed by atoms with E-state index in [2.05, 4.69) is 10.6 Å². The maximum absolute atomic E-state index is 13.2. The van der Waals surface area contributed by atoms with Gasteiger partial charge in [0.15, 0.2) is 9.84 Å². The number of nitrogens with one attached hydrogen (secondary N) is 2. The number of ether oxygens (including phenoxy) is 1. The summed E-state index contributed by atoms with van der Waals surface area (Å²) in [6.45, 7) is 0.581. The van der Waals surface area contributed by atoms with Crippen molar-refractivity contribution >= 4 is 33.0 Å². The van der Waals surface area contributed by atoms with Gasteiger partial charge in [-0.1, -0.05) is 6.07 Å². The molecule has 2 atom stereocenters. The average Bonchev–Trinajstić information content (AvgIpc) is 3.40. The summed E-state index contributed by atoms with van der Waals surface area (Å²) in [5.41, 5.74) is 0. The lowest BCUT2D eigenvalue weighted by atomic mass is 10.2. The van der Waals surface area contributed by atoms with E-state index in [1.54, 1.807) is 17.5 Å². The highest BCUT2D eigenvalue weighted by Gasteiger charge is 2.31. The molecule has 7 nitrogen and oxygen atoms in total. The number of rotatable bonds is 7. The van der Waals surface area contributed by atoms with Crippen molar-refractivity contribution in [2.75, 3.05) is 19.7 Å². The van der Waals surface area contributed by atoms with E-state index in [1.165, 1.54) is 23.5 Å². The fourth-order valence-electron chi connectivity index (χ4n) is 2.98. The van der Waals surface area contributed by atoms with Gasteiger partial charge in [-0.3, -0.25) is 9.59 Å². The van der Waals surface area contributed by atoms with Gasteiger partial charge in [-0.2, -0.15) is 0 Å². The second-order valence-corrected chi connectivity index (χ2v) is 9.67. The van der Waals surface area contributed by atoms with Crippen LogP contribution in [0.4, 0.5) is 4.39 Å². The maximum Gasteiger partial charge on any atom is 0.309 e. The Balaban J connectivity index is 1.67. The van der Waals surface area contributed by atoms with Crippen LogP contribution < -0.4 is 10.6 Å². The molecule has 2 N–H and O–H groups in total. The normalized spacial score (nSPS) is 17.6. The molecule has 0 radical (unpaired) electrons. The number of carbonyl (C=O) groups is 2. The van der Waals surface area contributed by atoms with E-state index in [0.717, 1.165) is 25.0 Å². The first kappa shape index (κ1) is 21.4. The molecule has 0 spiro atoms. The van der Waals surface area contributed by atoms with Crippen molar-refractivity contribution in [3.63, 3.8) is 0 Å². The largest absolute Gasteiger partial charge is 0.376 e. The van der Waals surface area contributed by atoms with Gasteiger partial charge < -0.3 is 15.4 Å². The number of benzene rings is 1. The Morgan fingerprint density at radius 3 is 2.52 bits per heavy atom. The Bertz CT molecular complexity index is 939. The summed E-state index contributed by atoms with van der Waals surface area (Å²) in [7, 11) is -3.91. The first-order chi connectivity index (χ1) is 13.9. The summed E-state index contributed by atoms with van der Waals surface area (Å²) in [5, 5.41) is 5.52. The second kappa shape index (κ2) is 9.47. The highest BCUT2D eigenvalue weighted by molar-refractivity contribution is 7.91. The number of hydrogen-bond donors (Lipinski definition) is 2. The molecule has 1 aliphatic rings. The molecule has 2 heterocycles. The lowest BCUT2D eigenvalue weighted by Crippen LogP contribution is -2.44. The van der Waals surface area contributed by atoms with Crippen molar-refractivity contribution in [2.45, 2.75) is 29.1 Å². The van der Waals surface area contributed by atoms with E-state index in [9.17, 15) is 22.4 Å². The Labute approximate surface area is 172 Å². The number of halogens is 1. The minimum atomic E-state index is -3.91. The van der Waals surface area contributed by atoms with Crippen LogP contribution in [0.5, 0.6) is 0 Å². The number of thiophene rings is 1. The van der Waals surface area contributed by atoms with Crippen LogP contribution in [0, 0.1) is 5.82 Å². The minimum Gasteiger partial charge on any atom is -0.376 e. The molecular formula is C19H21FN2O5S2. The number of carbonyl (C=O) groups excluding carboxylic acids is 2. The van der Waals surface area contributed by atoms with Gasteiger partial charge in [-0.15, -0.1) is 11.3 Å². The zero-order chi connectivity index (χ0) is 20.9. The van der Waals surface area contributed by atoms with Gasteiger partial charge in [0.05, 0.1) is 11.0 Å². The minimum absolute atomic E-state index is 0.0608. The molecule has 1 aromatic heterocycles. The molecular weight excluding hydrogens is 419 g/mol. The third-order valence-corrected chi connectivity index (χ3v) is 7.78. The van der Waals surface area contributed by atoms with E-state index in [-0.39, 0.29) is 24.1 Å². The van der Waals surface area contributed by atoms with Gasteiger partial charge in [0.2, 0.25) is 0 Å². The van der Waals surface area contributed by atoms with Crippen LogP contribution in [-0.2, 0) is 24.2 Å². The van der Waals surface area contributed by atoms with Gasteiger partial charge in [0, 0.05) is 24.6 Å². The summed E-state index contributed by atoms with van der Waals surface area (Å²) in [5.74, 6) is -2.31. The molecule has 29 heavy (non-hydrogen) atoms. The van der Waals surface area contributed by atoms with Gasteiger partial charge in [-0.05, 0) is 48.6 Å². The predicted octanol–water partition coefficient (Wildman–Crippen LogP) is 1.81. The molecule has 0 unspecified atom stereocenters. The average molecular weight is 441 g/mol. The first-order valence-corrected chi connectivity index (χ1v) is 11.5. The van der Waals surface area contributed by atoms with Crippen molar-refractivity contribution < 1.29 is 27.1 Å². The van der Waals surface area contributed by atoms with Crippen molar-refractivity contribution in [1.82, 2.24) is 10.6 Å². The molecule has 2 aromatic rings. The quantitative estimate of drug-likeness (QED) is 0.505. The van der Waals surface area contributed by atoms with Gasteiger partial charge in [-0.25, -0.2) is 12.8 Å². The van der Waals surface area contributed by atoms with E-state index < -0.39 is 32.7 Å². The van der Waals surface area contributed by atoms with Crippen LogP contribution in [0.15, 0.2) is 46.7 Å². The molecule has 1 saturated heterocycles. The van der Waals surface area contributed by atoms with Crippen LogP contribution in [0.1, 0.15) is 23.0 Å². The number of hydrogen-bond acceptors (Lipinski definition) is 6. The summed E-state index contributed by atoms with van der Waals surface area (Å²) >= 11 is 1.22.